The van der Waals surface area contributed by atoms with Crippen LogP contribution in [-0.4, -0.2) is 36.1 Å². The molecule has 0 aliphatic rings. The van der Waals surface area contributed by atoms with Crippen LogP contribution < -0.4 is 0 Å². The Hall–Kier alpha value is -0.750. The minimum atomic E-state index is -2.85. The number of halogens is 1. The molecule has 0 aliphatic heterocycles. The Kier molecular flexibility index (Phi) is 3.17. The lowest BCUT2D eigenvalue weighted by molar-refractivity contribution is -0.613. The van der Waals surface area contributed by atoms with E-state index < -0.39 is 23.9 Å². The molecule has 0 saturated heterocycles. The summed E-state index contributed by atoms with van der Waals surface area (Å²) in [6.45, 7) is -1.91. The van der Waals surface area contributed by atoms with E-state index in [0.29, 0.717) is 0 Å². The molecule has 5 nitrogen and oxygen atoms in total. The molecule has 0 saturated carbocycles. The topological polar surface area (TPSA) is 72.6 Å². The Morgan fingerprint density at radius 2 is 2.40 bits per heavy atom. The fraction of sp³-hybridized carbons (Fsp3) is 1.00. The highest BCUT2D eigenvalue weighted by atomic mass is 19.1. The second-order valence-corrected chi connectivity index (χ2v) is 1.77. The van der Waals surface area contributed by atoms with Crippen LogP contribution in [0.1, 0.15) is 0 Å². The lowest BCUT2D eigenvalue weighted by Crippen LogP contribution is -2.41. The van der Waals surface area contributed by atoms with Crippen molar-refractivity contribution in [3.05, 3.63) is 10.1 Å². The van der Waals surface area contributed by atoms with E-state index in [9.17, 15) is 14.5 Å². The summed E-state index contributed by atoms with van der Waals surface area (Å²) in [6.07, 6.45) is 0. The van der Waals surface area contributed by atoms with Gasteiger partial charge in [-0.1, -0.05) is 0 Å². The van der Waals surface area contributed by atoms with Gasteiger partial charge in [0, 0.05) is 7.11 Å². The molecule has 0 radical (unpaired) electrons. The predicted octanol–water partition coefficient (Wildman–Crippen LogP) is -0.432. The zero-order valence-electron chi connectivity index (χ0n) is 5.41. The van der Waals surface area contributed by atoms with Crippen molar-refractivity contribution in [1.82, 2.24) is 0 Å². The first-order valence-electron chi connectivity index (χ1n) is 2.50. The van der Waals surface area contributed by atoms with Gasteiger partial charge in [-0.2, -0.15) is 4.39 Å². The number of nitro groups is 1. The molecule has 0 fully saturated rings. The molecule has 60 valence electrons. The molecule has 0 spiro atoms. The molecule has 0 aliphatic carbocycles. The Balaban J connectivity index is 4.08. The average Bonchev–Trinajstić information content (AvgIpc) is 1.88. The molecule has 0 aromatic rings. The van der Waals surface area contributed by atoms with Crippen molar-refractivity contribution in [1.29, 1.82) is 0 Å². The van der Waals surface area contributed by atoms with Crippen molar-refractivity contribution in [2.24, 2.45) is 0 Å². The summed E-state index contributed by atoms with van der Waals surface area (Å²) < 4.78 is 16.8. The van der Waals surface area contributed by atoms with Crippen LogP contribution in [0.5, 0.6) is 0 Å². The number of ether oxygens (including phenoxy) is 1. The summed E-state index contributed by atoms with van der Waals surface area (Å²) in [5.74, 6) is -2.85. The lowest BCUT2D eigenvalue weighted by atomic mass is 10.3. The van der Waals surface area contributed by atoms with Gasteiger partial charge in [-0.05, 0) is 0 Å². The molecule has 0 amide bonds. The van der Waals surface area contributed by atoms with Gasteiger partial charge in [0.2, 0.25) is 0 Å². The first-order valence-corrected chi connectivity index (χ1v) is 2.50. The molecule has 1 atom stereocenters. The zero-order valence-corrected chi connectivity index (χ0v) is 5.41. The number of aliphatic hydroxyl groups excluding tert-OH is 1. The molecule has 0 aromatic heterocycles. The van der Waals surface area contributed by atoms with Crippen LogP contribution in [-0.2, 0) is 4.74 Å². The molecule has 10 heavy (non-hydrogen) atoms. The van der Waals surface area contributed by atoms with Gasteiger partial charge in [0.25, 0.3) is 0 Å². The highest BCUT2D eigenvalue weighted by molar-refractivity contribution is 4.62. The predicted molar refractivity (Wildman–Crippen MR) is 29.8 cm³/mol. The lowest BCUT2D eigenvalue weighted by Gasteiger charge is -2.11. The zero-order chi connectivity index (χ0) is 8.20. The number of hydrogen-bond donors (Lipinski definition) is 1. The fourth-order valence-corrected chi connectivity index (χ4v) is 0.377. The van der Waals surface area contributed by atoms with E-state index in [0.717, 1.165) is 7.11 Å². The smallest absolute Gasteiger partial charge is 0.386 e. The van der Waals surface area contributed by atoms with Gasteiger partial charge in [0.15, 0.2) is 6.61 Å². The third-order valence-corrected chi connectivity index (χ3v) is 0.935. The minimum Gasteiger partial charge on any atom is -0.386 e. The first-order chi connectivity index (χ1) is 4.56. The van der Waals surface area contributed by atoms with Gasteiger partial charge in [-0.15, -0.1) is 0 Å². The highest BCUT2D eigenvalue weighted by Crippen LogP contribution is 2.10. The number of nitrogens with zero attached hydrogens (tertiary/aromatic N) is 1. The van der Waals surface area contributed by atoms with Crippen LogP contribution >= 0.6 is 0 Å². The summed E-state index contributed by atoms with van der Waals surface area (Å²) in [7, 11) is 1.12. The Morgan fingerprint density at radius 1 is 1.90 bits per heavy atom. The number of alkyl halides is 1. The van der Waals surface area contributed by atoms with Crippen LogP contribution in [0.15, 0.2) is 0 Å². The van der Waals surface area contributed by atoms with Gasteiger partial charge in [-0.3, -0.25) is 10.1 Å². The van der Waals surface area contributed by atoms with Gasteiger partial charge >= 0.3 is 5.79 Å². The van der Waals surface area contributed by atoms with E-state index in [-0.39, 0.29) is 0 Å². The number of rotatable bonds is 4. The number of hydrogen-bond acceptors (Lipinski definition) is 4. The van der Waals surface area contributed by atoms with Crippen molar-refractivity contribution in [2.45, 2.75) is 5.79 Å². The number of methoxy groups -OCH3 is 1. The van der Waals surface area contributed by atoms with E-state index >= 15 is 0 Å². The normalized spacial score (nSPS) is 16.3. The van der Waals surface area contributed by atoms with Crippen molar-refractivity contribution < 1.29 is 19.2 Å². The Labute approximate surface area is 56.6 Å². The maximum Gasteiger partial charge on any atom is 0.403 e. The average molecular weight is 153 g/mol. The monoisotopic (exact) mass is 153 g/mol. The molecule has 1 N–H and O–H groups in total. The third-order valence-electron chi connectivity index (χ3n) is 0.935. The fourth-order valence-electron chi connectivity index (χ4n) is 0.377. The standard InChI is InChI=1S/C4H8FNO4/c1-10-3-4(5,2-7)6(8)9/h7H,2-3H2,1H3. The van der Waals surface area contributed by atoms with Crippen LogP contribution in [0, 0.1) is 10.1 Å². The van der Waals surface area contributed by atoms with Crippen molar-refractivity contribution >= 4 is 0 Å². The maximum absolute atomic E-state index is 12.6. The SMILES string of the molecule is COCC(F)(CO)[N+](=O)[O-]. The molecule has 0 rings (SSSR count). The summed E-state index contributed by atoms with van der Waals surface area (Å²) in [4.78, 5) is 8.62. The quantitative estimate of drug-likeness (QED) is 0.338. The van der Waals surface area contributed by atoms with E-state index in [1.54, 1.807) is 0 Å². The van der Waals surface area contributed by atoms with Gasteiger partial charge in [0.05, 0.1) is 4.92 Å². The van der Waals surface area contributed by atoms with Crippen LogP contribution in [0.3, 0.4) is 0 Å². The summed E-state index contributed by atoms with van der Waals surface area (Å²) in [5, 5.41) is 18.0. The molecule has 0 heterocycles. The molecule has 0 aromatic carbocycles. The minimum absolute atomic E-state index is 0.740. The Morgan fingerprint density at radius 3 is 2.50 bits per heavy atom. The van der Waals surface area contributed by atoms with E-state index in [1.165, 1.54) is 0 Å². The van der Waals surface area contributed by atoms with E-state index in [1.807, 2.05) is 0 Å². The second kappa shape index (κ2) is 3.43. The highest BCUT2D eigenvalue weighted by Gasteiger charge is 2.42. The third kappa shape index (κ3) is 1.89. The molecular weight excluding hydrogens is 145 g/mol. The first kappa shape index (κ1) is 9.25. The Bertz CT molecular complexity index is 130. The van der Waals surface area contributed by atoms with Crippen LogP contribution in [0.25, 0.3) is 0 Å². The van der Waals surface area contributed by atoms with Crippen molar-refractivity contribution in [3.63, 3.8) is 0 Å². The van der Waals surface area contributed by atoms with Crippen LogP contribution in [0.4, 0.5) is 4.39 Å². The molecule has 1 unspecified atom stereocenters. The second-order valence-electron chi connectivity index (χ2n) is 1.77. The van der Waals surface area contributed by atoms with Gasteiger partial charge < -0.3 is 9.84 Å². The van der Waals surface area contributed by atoms with Gasteiger partial charge in [0.1, 0.15) is 6.61 Å². The molecule has 0 bridgehead atoms. The number of aliphatic hydroxyl groups is 1. The maximum atomic E-state index is 12.6. The van der Waals surface area contributed by atoms with Crippen molar-refractivity contribution in [2.75, 3.05) is 20.3 Å². The largest absolute Gasteiger partial charge is 0.403 e. The van der Waals surface area contributed by atoms with E-state index in [4.69, 9.17) is 5.11 Å². The summed E-state index contributed by atoms with van der Waals surface area (Å²) in [5.41, 5.74) is 0. The molecule has 6 heteroatoms. The van der Waals surface area contributed by atoms with Crippen molar-refractivity contribution in [3.8, 4) is 0 Å². The van der Waals surface area contributed by atoms with Gasteiger partial charge in [-0.25, -0.2) is 0 Å². The summed E-state index contributed by atoms with van der Waals surface area (Å²) in [6, 6.07) is 0. The van der Waals surface area contributed by atoms with Crippen LogP contribution in [0.2, 0.25) is 0 Å². The van der Waals surface area contributed by atoms with E-state index in [2.05, 4.69) is 4.74 Å². The molecular formula is C4H8FNO4. The summed E-state index contributed by atoms with van der Waals surface area (Å²) >= 11 is 0.